The van der Waals surface area contributed by atoms with E-state index in [9.17, 15) is 0 Å². The van der Waals surface area contributed by atoms with Crippen LogP contribution in [0, 0.1) is 0 Å². The first-order chi connectivity index (χ1) is 57.4. The number of hydrogen-bond acceptors (Lipinski definition) is 6. The number of pyridine rings is 2. The molecule has 540 valence electrons. The molecule has 0 saturated carbocycles. The van der Waals surface area contributed by atoms with Crippen LogP contribution in [0.5, 0.6) is 0 Å². The van der Waals surface area contributed by atoms with Crippen LogP contribution in [0.15, 0.2) is 425 Å². The predicted octanol–water partition coefficient (Wildman–Crippen LogP) is 29.0. The minimum Gasteiger partial charge on any atom is -0.247 e. The van der Waals surface area contributed by atoms with E-state index in [1.54, 1.807) is 0 Å². The monoisotopic (exact) mass is 1470 g/mol. The van der Waals surface area contributed by atoms with Crippen LogP contribution in [0.3, 0.4) is 0 Å². The fourth-order valence-electron chi connectivity index (χ4n) is 16.5. The van der Waals surface area contributed by atoms with E-state index in [2.05, 4.69) is 352 Å². The predicted molar refractivity (Wildman–Crippen MR) is 485 cm³/mol. The topological polar surface area (TPSA) is 77.3 Å². The lowest BCUT2D eigenvalue weighted by Gasteiger charge is -2.16. The molecule has 18 aromatic carbocycles. The average Bonchev–Trinajstić information content (AvgIpc) is 0.738. The maximum absolute atomic E-state index is 5.47. The van der Waals surface area contributed by atoms with Crippen molar-refractivity contribution in [2.24, 2.45) is 0 Å². The van der Waals surface area contributed by atoms with Gasteiger partial charge in [-0.15, -0.1) is 0 Å². The molecule has 0 radical (unpaired) electrons. The lowest BCUT2D eigenvalue weighted by atomic mass is 9.90. The molecule has 22 aromatic rings. The zero-order chi connectivity index (χ0) is 76.8. The standard InChI is InChI=1S/2C55H35N3/c1-3-15-39(16-4-1)52-35-53(58-55(57-52)41-17-5-2-6-18-41)40-27-25-38(26-28-40)48-33-50-49(44-29-23-36-13-7-9-19-42(36)31-44)34-51(56-54(50)47-22-12-11-21-46(47)48)45-30-24-37-14-8-10-20-43(37)32-45;1-3-15-39(16-4-1)52-35-53(40-17-5-2-6-18-40)58-55(57-52)41-27-25-38(26-28-41)48-33-50-49(44-29-23-36-13-7-9-19-42(36)31-44)34-51(56-54(50)47-22-12-11-21-46(47)48)45-30-24-37-14-8-10-20-43(37)32-45/h2*1-35H. The molecule has 0 saturated heterocycles. The molecule has 0 atom stereocenters. The van der Waals surface area contributed by atoms with Crippen LogP contribution in [-0.4, -0.2) is 29.9 Å². The van der Waals surface area contributed by atoms with Crippen molar-refractivity contribution in [3.63, 3.8) is 0 Å². The van der Waals surface area contributed by atoms with Crippen LogP contribution < -0.4 is 0 Å². The number of rotatable bonds is 12. The molecule has 4 heterocycles. The Bertz CT molecular complexity index is 6970. The minimum atomic E-state index is 0.694. The molecule has 0 N–H and O–H groups in total. The molecule has 0 amide bonds. The van der Waals surface area contributed by atoms with Gasteiger partial charge in [0.25, 0.3) is 0 Å². The molecule has 6 heteroatoms. The van der Waals surface area contributed by atoms with Crippen molar-refractivity contribution < 1.29 is 0 Å². The number of nitrogens with zero attached hydrogens (tertiary/aromatic N) is 6. The van der Waals surface area contributed by atoms with Crippen LogP contribution >= 0.6 is 0 Å². The normalized spacial score (nSPS) is 11.4. The summed E-state index contributed by atoms with van der Waals surface area (Å²) in [5.74, 6) is 1.40. The van der Waals surface area contributed by atoms with Gasteiger partial charge < -0.3 is 0 Å². The highest BCUT2D eigenvalue weighted by Gasteiger charge is 2.22. The second kappa shape index (κ2) is 29.6. The largest absolute Gasteiger partial charge is 0.247 e. The summed E-state index contributed by atoms with van der Waals surface area (Å²) in [4.78, 5) is 31.2. The zero-order valence-electron chi connectivity index (χ0n) is 63.1. The Hall–Kier alpha value is -15.5. The summed E-state index contributed by atoms with van der Waals surface area (Å²) in [5, 5.41) is 16.5. The van der Waals surface area contributed by atoms with Crippen LogP contribution in [0.2, 0.25) is 0 Å². The van der Waals surface area contributed by atoms with Crippen molar-refractivity contribution in [3.8, 4) is 135 Å². The van der Waals surface area contributed by atoms with E-state index >= 15 is 0 Å². The molecule has 116 heavy (non-hydrogen) atoms. The number of fused-ring (bicyclic) bond motifs is 10. The second-order valence-corrected chi connectivity index (χ2v) is 29.6. The number of hydrogen-bond donors (Lipinski definition) is 0. The van der Waals surface area contributed by atoms with Gasteiger partial charge in [-0.25, -0.2) is 29.9 Å². The Labute approximate surface area is 671 Å². The van der Waals surface area contributed by atoms with Gasteiger partial charge in [0.1, 0.15) is 0 Å². The van der Waals surface area contributed by atoms with Crippen molar-refractivity contribution in [3.05, 3.63) is 425 Å². The third kappa shape index (κ3) is 13.2. The average molecular weight is 1480 g/mol. The van der Waals surface area contributed by atoms with E-state index in [0.29, 0.717) is 11.6 Å². The number of aromatic nitrogens is 6. The Balaban J connectivity index is 0.000000145. The molecule has 0 aliphatic heterocycles. The summed E-state index contributed by atoms with van der Waals surface area (Å²) in [6.07, 6.45) is 0. The smallest absolute Gasteiger partial charge is 0.160 e. The van der Waals surface area contributed by atoms with E-state index in [-0.39, 0.29) is 0 Å². The van der Waals surface area contributed by atoms with E-state index < -0.39 is 0 Å². The summed E-state index contributed by atoms with van der Waals surface area (Å²) in [6.45, 7) is 0. The molecular formula is C110H70N6. The highest BCUT2D eigenvalue weighted by atomic mass is 14.9. The molecule has 4 aromatic heterocycles. The summed E-state index contributed by atoms with van der Waals surface area (Å²) in [5.41, 5.74) is 25.0. The SMILES string of the molecule is c1ccc(-c2cc(-c3ccc(-c4cc5c(-c6ccc7ccccc7c6)cc(-c6ccc7ccccc7c6)nc5c5ccccc45)cc3)nc(-c3ccccc3)n2)cc1.c1ccc(-c2cc(-c3ccccc3)nc(-c3ccc(-c4cc5c(-c6ccc7ccccc7c6)cc(-c6ccc7ccccc7c6)nc5c5ccccc45)cc3)n2)cc1. The van der Waals surface area contributed by atoms with Gasteiger partial charge >= 0.3 is 0 Å². The third-order valence-corrected chi connectivity index (χ3v) is 22.5. The quantitative estimate of drug-likeness (QED) is 0.113. The second-order valence-electron chi connectivity index (χ2n) is 29.6. The van der Waals surface area contributed by atoms with Crippen molar-refractivity contribution in [2.45, 2.75) is 0 Å². The number of benzene rings is 18. The van der Waals surface area contributed by atoms with Crippen LogP contribution in [0.4, 0.5) is 0 Å². The Morgan fingerprint density at radius 1 is 0.121 bits per heavy atom. The van der Waals surface area contributed by atoms with Crippen molar-refractivity contribution in [1.29, 1.82) is 0 Å². The van der Waals surface area contributed by atoms with Gasteiger partial charge in [-0.3, -0.25) is 0 Å². The molecule has 6 nitrogen and oxygen atoms in total. The van der Waals surface area contributed by atoms with Gasteiger partial charge in [0.15, 0.2) is 11.6 Å². The fraction of sp³-hybridized carbons (Fsp3) is 0. The molecule has 0 fully saturated rings. The lowest BCUT2D eigenvalue weighted by Crippen LogP contribution is -1.96. The van der Waals surface area contributed by atoms with E-state index in [1.165, 1.54) is 43.1 Å². The molecule has 0 unspecified atom stereocenters. The van der Waals surface area contributed by atoms with E-state index in [1.807, 2.05) is 72.8 Å². The first-order valence-corrected chi connectivity index (χ1v) is 39.3. The summed E-state index contributed by atoms with van der Waals surface area (Å²) in [6, 6.07) is 151. The molecule has 0 bridgehead atoms. The Kier molecular flexibility index (Phi) is 17.5. The van der Waals surface area contributed by atoms with Crippen molar-refractivity contribution in [2.75, 3.05) is 0 Å². The minimum absolute atomic E-state index is 0.694. The van der Waals surface area contributed by atoms with Crippen LogP contribution in [0.1, 0.15) is 0 Å². The zero-order valence-corrected chi connectivity index (χ0v) is 63.1. The summed E-state index contributed by atoms with van der Waals surface area (Å²) >= 11 is 0. The van der Waals surface area contributed by atoms with Crippen molar-refractivity contribution >= 4 is 86.4 Å². The van der Waals surface area contributed by atoms with Gasteiger partial charge in [-0.2, -0.15) is 0 Å². The van der Waals surface area contributed by atoms with Crippen LogP contribution in [0.25, 0.3) is 221 Å². The third-order valence-electron chi connectivity index (χ3n) is 22.5. The molecule has 22 rings (SSSR count). The van der Waals surface area contributed by atoms with Gasteiger partial charge in [0.2, 0.25) is 0 Å². The molecular weight excluding hydrogens is 1410 g/mol. The lowest BCUT2D eigenvalue weighted by molar-refractivity contribution is 1.18. The van der Waals surface area contributed by atoms with Gasteiger partial charge in [-0.1, -0.05) is 364 Å². The summed E-state index contributed by atoms with van der Waals surface area (Å²) in [7, 11) is 0. The molecule has 0 aliphatic carbocycles. The van der Waals surface area contributed by atoms with Gasteiger partial charge in [0, 0.05) is 66.1 Å². The van der Waals surface area contributed by atoms with Gasteiger partial charge in [0.05, 0.1) is 45.2 Å². The maximum atomic E-state index is 5.47. The van der Waals surface area contributed by atoms with E-state index in [0.717, 1.165) is 167 Å². The fourth-order valence-corrected chi connectivity index (χ4v) is 16.5. The molecule has 0 aliphatic rings. The highest BCUT2D eigenvalue weighted by Crippen LogP contribution is 2.45. The highest BCUT2D eigenvalue weighted by molar-refractivity contribution is 6.18. The Morgan fingerprint density at radius 2 is 0.353 bits per heavy atom. The van der Waals surface area contributed by atoms with Crippen molar-refractivity contribution in [1.82, 2.24) is 29.9 Å². The van der Waals surface area contributed by atoms with E-state index in [4.69, 9.17) is 29.9 Å². The summed E-state index contributed by atoms with van der Waals surface area (Å²) < 4.78 is 0. The molecule has 0 spiro atoms. The first kappa shape index (κ1) is 68.5. The Morgan fingerprint density at radius 3 is 0.707 bits per heavy atom. The van der Waals surface area contributed by atoms with Crippen LogP contribution in [-0.2, 0) is 0 Å². The van der Waals surface area contributed by atoms with Gasteiger partial charge in [-0.05, 0) is 159 Å². The maximum Gasteiger partial charge on any atom is 0.160 e. The first-order valence-electron chi connectivity index (χ1n) is 39.3.